The molecule has 1 amide bonds. The lowest BCUT2D eigenvalue weighted by molar-refractivity contribution is 0.102. The quantitative estimate of drug-likeness (QED) is 0.686. The zero-order chi connectivity index (χ0) is 18.7. The normalized spacial score (nSPS) is 11.5. The van der Waals surface area contributed by atoms with Gasteiger partial charge in [-0.3, -0.25) is 4.79 Å². The standard InChI is InChI=1S/C17H18N4O4S/c1-12-6-7-14(25-12)11-21-16(8-9-19-21)20-17(22)13-4-3-5-15(10-13)26(23,24)18-2/h3-10,18H,11H2,1-2H3,(H,20,22). The predicted octanol–water partition coefficient (Wildman–Crippen LogP) is 1.99. The predicted molar refractivity (Wildman–Crippen MR) is 95.4 cm³/mol. The zero-order valence-corrected chi connectivity index (χ0v) is 15.1. The Labute approximate surface area is 150 Å². The molecule has 0 radical (unpaired) electrons. The number of hydrogen-bond acceptors (Lipinski definition) is 5. The Balaban J connectivity index is 1.79. The van der Waals surface area contributed by atoms with Crippen molar-refractivity contribution in [2.24, 2.45) is 0 Å². The van der Waals surface area contributed by atoms with Crippen LogP contribution in [0.25, 0.3) is 0 Å². The molecule has 2 heterocycles. The topological polar surface area (TPSA) is 106 Å². The van der Waals surface area contributed by atoms with Crippen LogP contribution in [0.3, 0.4) is 0 Å². The summed E-state index contributed by atoms with van der Waals surface area (Å²) < 4.78 is 33.1. The molecule has 0 aliphatic carbocycles. The van der Waals surface area contributed by atoms with E-state index in [0.717, 1.165) is 5.76 Å². The highest BCUT2D eigenvalue weighted by Crippen LogP contribution is 2.16. The lowest BCUT2D eigenvalue weighted by atomic mass is 10.2. The molecule has 8 nitrogen and oxygen atoms in total. The van der Waals surface area contributed by atoms with E-state index in [1.165, 1.54) is 25.2 Å². The molecule has 1 aromatic carbocycles. The van der Waals surface area contributed by atoms with Gasteiger partial charge in [0.15, 0.2) is 0 Å². The minimum absolute atomic E-state index is 0.0206. The summed E-state index contributed by atoms with van der Waals surface area (Å²) >= 11 is 0. The third-order valence-corrected chi connectivity index (χ3v) is 5.15. The molecule has 3 rings (SSSR count). The molecule has 0 aliphatic rings. The molecule has 3 aromatic rings. The molecule has 0 unspecified atom stereocenters. The number of benzene rings is 1. The molecule has 0 saturated heterocycles. The number of furan rings is 1. The van der Waals surface area contributed by atoms with Crippen molar-refractivity contribution in [2.75, 3.05) is 12.4 Å². The second-order valence-corrected chi connectivity index (χ2v) is 7.46. The van der Waals surface area contributed by atoms with Crippen molar-refractivity contribution < 1.29 is 17.6 Å². The molecule has 2 N–H and O–H groups in total. The molecule has 0 atom stereocenters. The highest BCUT2D eigenvalue weighted by atomic mass is 32.2. The highest BCUT2D eigenvalue weighted by molar-refractivity contribution is 7.89. The van der Waals surface area contributed by atoms with Crippen LogP contribution in [0.15, 0.2) is 58.0 Å². The number of carbonyl (C=O) groups excluding carboxylic acids is 1. The summed E-state index contributed by atoms with van der Waals surface area (Å²) in [5.41, 5.74) is 0.225. The molecule has 2 aromatic heterocycles. The number of sulfonamides is 1. The lowest BCUT2D eigenvalue weighted by Gasteiger charge is -2.09. The Hall–Kier alpha value is -2.91. The van der Waals surface area contributed by atoms with Crippen molar-refractivity contribution in [3.8, 4) is 0 Å². The average molecular weight is 374 g/mol. The Kier molecular flexibility index (Phi) is 4.92. The molecular formula is C17H18N4O4S. The van der Waals surface area contributed by atoms with Gasteiger partial charge in [0.2, 0.25) is 10.0 Å². The number of nitrogens with zero attached hydrogens (tertiary/aromatic N) is 2. The number of carbonyl (C=O) groups is 1. The van der Waals surface area contributed by atoms with Crippen LogP contribution in [0, 0.1) is 6.92 Å². The molecule has 0 fully saturated rings. The number of anilines is 1. The lowest BCUT2D eigenvalue weighted by Crippen LogP contribution is -2.20. The fraction of sp³-hybridized carbons (Fsp3) is 0.176. The van der Waals surface area contributed by atoms with Gasteiger partial charge in [-0.05, 0) is 44.3 Å². The summed E-state index contributed by atoms with van der Waals surface area (Å²) in [6.45, 7) is 2.21. The maximum Gasteiger partial charge on any atom is 0.256 e. The van der Waals surface area contributed by atoms with Gasteiger partial charge >= 0.3 is 0 Å². The van der Waals surface area contributed by atoms with E-state index in [1.54, 1.807) is 23.0 Å². The summed E-state index contributed by atoms with van der Waals surface area (Å²) in [6, 6.07) is 11.1. The number of rotatable bonds is 6. The van der Waals surface area contributed by atoms with Crippen LogP contribution < -0.4 is 10.0 Å². The first kappa shape index (κ1) is 17.9. The van der Waals surface area contributed by atoms with Gasteiger partial charge in [0.25, 0.3) is 5.91 Å². The SMILES string of the molecule is CNS(=O)(=O)c1cccc(C(=O)Nc2ccnn2Cc2ccc(C)o2)c1. The fourth-order valence-electron chi connectivity index (χ4n) is 2.39. The first-order valence-corrected chi connectivity index (χ1v) is 9.29. The van der Waals surface area contributed by atoms with E-state index in [4.69, 9.17) is 4.42 Å². The zero-order valence-electron chi connectivity index (χ0n) is 14.3. The van der Waals surface area contributed by atoms with Gasteiger partial charge in [-0.15, -0.1) is 0 Å². The third kappa shape index (κ3) is 3.84. The van der Waals surface area contributed by atoms with Crippen LogP contribution in [-0.2, 0) is 16.6 Å². The molecule has 0 aliphatic heterocycles. The van der Waals surface area contributed by atoms with E-state index in [9.17, 15) is 13.2 Å². The first-order valence-electron chi connectivity index (χ1n) is 7.81. The average Bonchev–Trinajstić information content (AvgIpc) is 3.24. The third-order valence-electron chi connectivity index (χ3n) is 3.74. The van der Waals surface area contributed by atoms with Gasteiger partial charge in [-0.2, -0.15) is 5.10 Å². The van der Waals surface area contributed by atoms with Crippen LogP contribution in [0.4, 0.5) is 5.82 Å². The van der Waals surface area contributed by atoms with Gasteiger partial charge in [0.05, 0.1) is 11.1 Å². The molecule has 0 bridgehead atoms. The van der Waals surface area contributed by atoms with Crippen molar-refractivity contribution in [3.05, 3.63) is 65.7 Å². The maximum absolute atomic E-state index is 12.5. The second kappa shape index (κ2) is 7.14. The smallest absolute Gasteiger partial charge is 0.256 e. The van der Waals surface area contributed by atoms with E-state index in [-0.39, 0.29) is 10.5 Å². The van der Waals surface area contributed by atoms with Crippen molar-refractivity contribution in [2.45, 2.75) is 18.4 Å². The number of nitrogens with one attached hydrogen (secondary N) is 2. The first-order chi connectivity index (χ1) is 12.4. The van der Waals surface area contributed by atoms with Gasteiger partial charge < -0.3 is 9.73 Å². The molecular weight excluding hydrogens is 356 g/mol. The van der Waals surface area contributed by atoms with E-state index in [2.05, 4.69) is 15.1 Å². The minimum Gasteiger partial charge on any atom is -0.464 e. The van der Waals surface area contributed by atoms with E-state index >= 15 is 0 Å². The van der Waals surface area contributed by atoms with Crippen LogP contribution in [-0.4, -0.2) is 31.2 Å². The Morgan fingerprint density at radius 2 is 2.04 bits per heavy atom. The van der Waals surface area contributed by atoms with Crippen LogP contribution in [0.1, 0.15) is 21.9 Å². The number of aryl methyl sites for hydroxylation is 1. The van der Waals surface area contributed by atoms with E-state index in [1.807, 2.05) is 19.1 Å². The summed E-state index contributed by atoms with van der Waals surface area (Å²) in [5, 5.41) is 6.91. The summed E-state index contributed by atoms with van der Waals surface area (Å²) in [5.74, 6) is 1.55. The number of aromatic nitrogens is 2. The Bertz CT molecular complexity index is 1040. The summed E-state index contributed by atoms with van der Waals surface area (Å²) in [4.78, 5) is 12.5. The fourth-order valence-corrected chi connectivity index (χ4v) is 3.17. The second-order valence-electron chi connectivity index (χ2n) is 5.58. The van der Waals surface area contributed by atoms with E-state index < -0.39 is 15.9 Å². The van der Waals surface area contributed by atoms with Crippen LogP contribution in [0.5, 0.6) is 0 Å². The van der Waals surface area contributed by atoms with Gasteiger partial charge in [-0.1, -0.05) is 6.07 Å². The van der Waals surface area contributed by atoms with Crippen LogP contribution >= 0.6 is 0 Å². The Morgan fingerprint density at radius 1 is 1.23 bits per heavy atom. The molecule has 0 spiro atoms. The van der Waals surface area contributed by atoms with Crippen molar-refractivity contribution >= 4 is 21.7 Å². The minimum atomic E-state index is -3.62. The monoisotopic (exact) mass is 374 g/mol. The maximum atomic E-state index is 12.5. The van der Waals surface area contributed by atoms with Gasteiger partial charge in [0.1, 0.15) is 23.9 Å². The van der Waals surface area contributed by atoms with Gasteiger partial charge in [0, 0.05) is 11.6 Å². The molecule has 0 saturated carbocycles. The highest BCUT2D eigenvalue weighted by Gasteiger charge is 2.15. The van der Waals surface area contributed by atoms with Crippen LogP contribution in [0.2, 0.25) is 0 Å². The number of amides is 1. The summed E-state index contributed by atoms with van der Waals surface area (Å²) in [7, 11) is -2.31. The number of hydrogen-bond donors (Lipinski definition) is 2. The molecule has 26 heavy (non-hydrogen) atoms. The Morgan fingerprint density at radius 3 is 2.73 bits per heavy atom. The van der Waals surface area contributed by atoms with Gasteiger partial charge in [-0.25, -0.2) is 17.8 Å². The van der Waals surface area contributed by atoms with Crippen molar-refractivity contribution in [1.82, 2.24) is 14.5 Å². The summed E-state index contributed by atoms with van der Waals surface area (Å²) in [6.07, 6.45) is 1.56. The molecule has 9 heteroatoms. The van der Waals surface area contributed by atoms with Crippen molar-refractivity contribution in [3.63, 3.8) is 0 Å². The van der Waals surface area contributed by atoms with Crippen molar-refractivity contribution in [1.29, 1.82) is 0 Å². The molecule has 136 valence electrons. The van der Waals surface area contributed by atoms with E-state index in [0.29, 0.717) is 18.1 Å². The largest absolute Gasteiger partial charge is 0.464 e.